The van der Waals surface area contributed by atoms with Gasteiger partial charge in [-0.1, -0.05) is 17.7 Å². The Kier molecular flexibility index (Phi) is 3.81. The topological polar surface area (TPSA) is 29.1 Å². The number of amides is 1. The van der Waals surface area contributed by atoms with Crippen LogP contribution >= 0.6 is 11.6 Å². The van der Waals surface area contributed by atoms with Crippen LogP contribution in [-0.4, -0.2) is 5.91 Å². The van der Waals surface area contributed by atoms with Gasteiger partial charge in [0.25, 0.3) is 5.91 Å². The van der Waals surface area contributed by atoms with Gasteiger partial charge in [0.1, 0.15) is 11.6 Å². The maximum Gasteiger partial charge on any atom is 0.258 e. The van der Waals surface area contributed by atoms with Crippen LogP contribution in [0.1, 0.15) is 15.9 Å². The van der Waals surface area contributed by atoms with Gasteiger partial charge < -0.3 is 5.32 Å². The number of halogens is 3. The molecule has 0 radical (unpaired) electrons. The first-order valence-corrected chi connectivity index (χ1v) is 5.88. The van der Waals surface area contributed by atoms with E-state index in [-0.39, 0.29) is 5.56 Å². The lowest BCUT2D eigenvalue weighted by Crippen LogP contribution is -2.14. The second-order valence-electron chi connectivity index (χ2n) is 4.04. The van der Waals surface area contributed by atoms with Gasteiger partial charge in [0.05, 0.1) is 5.56 Å². The molecule has 0 saturated heterocycles. The summed E-state index contributed by atoms with van der Waals surface area (Å²) in [6.45, 7) is 1.77. The average molecular weight is 282 g/mol. The summed E-state index contributed by atoms with van der Waals surface area (Å²) in [7, 11) is 0. The van der Waals surface area contributed by atoms with Gasteiger partial charge in [-0.25, -0.2) is 8.78 Å². The van der Waals surface area contributed by atoms with Gasteiger partial charge >= 0.3 is 0 Å². The summed E-state index contributed by atoms with van der Waals surface area (Å²) < 4.78 is 26.5. The Bertz CT molecular complexity index is 643. The number of carbonyl (C=O) groups is 1. The van der Waals surface area contributed by atoms with E-state index in [9.17, 15) is 13.6 Å². The second kappa shape index (κ2) is 5.36. The summed E-state index contributed by atoms with van der Waals surface area (Å²) in [5.74, 6) is -2.17. The normalized spacial score (nSPS) is 10.3. The van der Waals surface area contributed by atoms with Crippen LogP contribution in [0.3, 0.4) is 0 Å². The molecule has 0 fully saturated rings. The average Bonchev–Trinajstić information content (AvgIpc) is 2.36. The molecule has 0 aliphatic rings. The van der Waals surface area contributed by atoms with Crippen molar-refractivity contribution in [1.82, 2.24) is 0 Å². The molecule has 2 aromatic carbocycles. The lowest BCUT2D eigenvalue weighted by Gasteiger charge is -2.09. The summed E-state index contributed by atoms with van der Waals surface area (Å²) in [6.07, 6.45) is 0. The van der Waals surface area contributed by atoms with E-state index < -0.39 is 17.5 Å². The second-order valence-corrected chi connectivity index (χ2v) is 4.47. The Balaban J connectivity index is 2.30. The van der Waals surface area contributed by atoms with Gasteiger partial charge in [-0.3, -0.25) is 4.79 Å². The molecule has 0 spiro atoms. The van der Waals surface area contributed by atoms with Crippen LogP contribution in [0.25, 0.3) is 0 Å². The third kappa shape index (κ3) is 3.09. The van der Waals surface area contributed by atoms with E-state index in [0.717, 1.165) is 23.8 Å². The van der Waals surface area contributed by atoms with Crippen molar-refractivity contribution in [2.75, 3.05) is 5.32 Å². The van der Waals surface area contributed by atoms with Crippen molar-refractivity contribution < 1.29 is 13.6 Å². The van der Waals surface area contributed by atoms with Crippen LogP contribution in [-0.2, 0) is 0 Å². The Hall–Kier alpha value is -1.94. The molecule has 0 saturated carbocycles. The number of hydrogen-bond acceptors (Lipinski definition) is 1. The van der Waals surface area contributed by atoms with Crippen LogP contribution in [0.2, 0.25) is 5.02 Å². The molecule has 0 aliphatic heterocycles. The van der Waals surface area contributed by atoms with E-state index in [1.807, 2.05) is 0 Å². The number of nitrogens with one attached hydrogen (secondary N) is 1. The van der Waals surface area contributed by atoms with E-state index in [1.54, 1.807) is 25.1 Å². The van der Waals surface area contributed by atoms with Crippen LogP contribution in [0.5, 0.6) is 0 Å². The minimum absolute atomic E-state index is 0.348. The molecule has 19 heavy (non-hydrogen) atoms. The van der Waals surface area contributed by atoms with Gasteiger partial charge in [0, 0.05) is 10.7 Å². The maximum absolute atomic E-state index is 13.4. The Morgan fingerprint density at radius 2 is 1.89 bits per heavy atom. The van der Waals surface area contributed by atoms with E-state index in [4.69, 9.17) is 11.6 Å². The molecule has 98 valence electrons. The molecule has 1 amide bonds. The monoisotopic (exact) mass is 281 g/mol. The largest absolute Gasteiger partial charge is 0.322 e. The summed E-state index contributed by atoms with van der Waals surface area (Å²) in [4.78, 5) is 11.9. The Morgan fingerprint density at radius 1 is 1.16 bits per heavy atom. The van der Waals surface area contributed by atoms with E-state index >= 15 is 0 Å². The SMILES string of the molecule is Cc1ccc(Cl)cc1NC(=O)c1cc(F)ccc1F. The molecule has 0 aromatic heterocycles. The third-order valence-electron chi connectivity index (χ3n) is 2.62. The Labute approximate surface area is 114 Å². The Morgan fingerprint density at radius 3 is 2.63 bits per heavy atom. The number of carbonyl (C=O) groups excluding carboxylic acids is 1. The van der Waals surface area contributed by atoms with Crippen molar-refractivity contribution in [3.8, 4) is 0 Å². The first kappa shape index (κ1) is 13.5. The molecule has 2 rings (SSSR count). The highest BCUT2D eigenvalue weighted by atomic mass is 35.5. The summed E-state index contributed by atoms with van der Waals surface area (Å²) in [5, 5.41) is 2.95. The van der Waals surface area contributed by atoms with Crippen molar-refractivity contribution in [1.29, 1.82) is 0 Å². The van der Waals surface area contributed by atoms with Crippen LogP contribution in [0, 0.1) is 18.6 Å². The zero-order valence-corrected chi connectivity index (χ0v) is 10.8. The van der Waals surface area contributed by atoms with Crippen molar-refractivity contribution in [3.05, 3.63) is 64.2 Å². The van der Waals surface area contributed by atoms with Crippen LogP contribution in [0.15, 0.2) is 36.4 Å². The molecule has 2 nitrogen and oxygen atoms in total. The molecule has 0 heterocycles. The van der Waals surface area contributed by atoms with Gasteiger partial charge in [-0.2, -0.15) is 0 Å². The third-order valence-corrected chi connectivity index (χ3v) is 2.86. The summed E-state index contributed by atoms with van der Waals surface area (Å²) in [6, 6.07) is 7.66. The molecular formula is C14H10ClF2NO. The quantitative estimate of drug-likeness (QED) is 0.879. The molecule has 0 unspecified atom stereocenters. The minimum atomic E-state index is -0.779. The highest BCUT2D eigenvalue weighted by Gasteiger charge is 2.14. The highest BCUT2D eigenvalue weighted by molar-refractivity contribution is 6.31. The summed E-state index contributed by atoms with van der Waals surface area (Å²) >= 11 is 5.82. The number of rotatable bonds is 2. The van der Waals surface area contributed by atoms with E-state index in [1.165, 1.54) is 0 Å². The first-order valence-electron chi connectivity index (χ1n) is 5.50. The first-order chi connectivity index (χ1) is 8.97. The number of benzene rings is 2. The van der Waals surface area contributed by atoms with E-state index in [0.29, 0.717) is 10.7 Å². The summed E-state index contributed by atoms with van der Waals surface area (Å²) in [5.41, 5.74) is 0.884. The van der Waals surface area contributed by atoms with Crippen LogP contribution < -0.4 is 5.32 Å². The van der Waals surface area contributed by atoms with Crippen LogP contribution in [0.4, 0.5) is 14.5 Å². The number of aryl methyl sites for hydroxylation is 1. The fourth-order valence-electron chi connectivity index (χ4n) is 1.59. The molecular weight excluding hydrogens is 272 g/mol. The van der Waals surface area contributed by atoms with Gasteiger partial charge in [0.2, 0.25) is 0 Å². The standard InChI is InChI=1S/C14H10ClF2NO/c1-8-2-3-9(15)6-13(8)18-14(19)11-7-10(16)4-5-12(11)17/h2-7H,1H3,(H,18,19). The molecule has 2 aromatic rings. The lowest BCUT2D eigenvalue weighted by atomic mass is 10.1. The number of anilines is 1. The van der Waals surface area contributed by atoms with Crippen molar-refractivity contribution >= 4 is 23.2 Å². The number of hydrogen-bond donors (Lipinski definition) is 1. The minimum Gasteiger partial charge on any atom is -0.322 e. The molecule has 0 aliphatic carbocycles. The fraction of sp³-hybridized carbons (Fsp3) is 0.0714. The van der Waals surface area contributed by atoms with Crippen molar-refractivity contribution in [2.45, 2.75) is 6.92 Å². The van der Waals surface area contributed by atoms with Crippen molar-refractivity contribution in [2.24, 2.45) is 0 Å². The highest BCUT2D eigenvalue weighted by Crippen LogP contribution is 2.21. The van der Waals surface area contributed by atoms with Gasteiger partial charge in [-0.05, 0) is 42.8 Å². The zero-order valence-electron chi connectivity index (χ0n) is 10.0. The van der Waals surface area contributed by atoms with Crippen molar-refractivity contribution in [3.63, 3.8) is 0 Å². The molecule has 0 bridgehead atoms. The molecule has 5 heteroatoms. The van der Waals surface area contributed by atoms with Gasteiger partial charge in [-0.15, -0.1) is 0 Å². The zero-order chi connectivity index (χ0) is 14.0. The predicted octanol–water partition coefficient (Wildman–Crippen LogP) is 4.18. The fourth-order valence-corrected chi connectivity index (χ4v) is 1.76. The van der Waals surface area contributed by atoms with Gasteiger partial charge in [0.15, 0.2) is 0 Å². The predicted molar refractivity (Wildman–Crippen MR) is 70.5 cm³/mol. The molecule has 0 atom stereocenters. The smallest absolute Gasteiger partial charge is 0.258 e. The molecule has 1 N–H and O–H groups in total. The lowest BCUT2D eigenvalue weighted by molar-refractivity contribution is 0.102. The maximum atomic E-state index is 13.4. The van der Waals surface area contributed by atoms with E-state index in [2.05, 4.69) is 5.32 Å².